The molecule has 0 spiro atoms. The van der Waals surface area contributed by atoms with Crippen molar-refractivity contribution in [3.8, 4) is 11.5 Å². The van der Waals surface area contributed by atoms with E-state index in [-0.39, 0.29) is 0 Å². The molecule has 3 aromatic rings. The van der Waals surface area contributed by atoms with Crippen LogP contribution in [0.25, 0.3) is 0 Å². The molecule has 0 aliphatic carbocycles. The van der Waals surface area contributed by atoms with Crippen LogP contribution in [-0.4, -0.2) is 38.3 Å². The van der Waals surface area contributed by atoms with Crippen molar-refractivity contribution in [3.63, 3.8) is 0 Å². The van der Waals surface area contributed by atoms with Crippen molar-refractivity contribution in [1.29, 1.82) is 0 Å². The molecular weight excluding hydrogens is 435 g/mol. The average Bonchev–Trinajstić information content (AvgIpc) is 2.77. The summed E-state index contributed by atoms with van der Waals surface area (Å²) in [6.45, 7) is 12.2. The fraction of sp³-hybridized carbons (Fsp3) is 0.269. The Bertz CT molecular complexity index is 887. The van der Waals surface area contributed by atoms with E-state index in [9.17, 15) is 0 Å². The highest BCUT2D eigenvalue weighted by atomic mass is 32.1. The van der Waals surface area contributed by atoms with E-state index in [1.54, 1.807) is 0 Å². The molecule has 3 aromatic carbocycles. The summed E-state index contributed by atoms with van der Waals surface area (Å²) in [6, 6.07) is 26.1. The molecule has 0 aliphatic heterocycles. The first-order valence-electron chi connectivity index (χ1n) is 10.7. The number of hydrogen-bond donors (Lipinski definition) is 2. The zero-order valence-corrected chi connectivity index (χ0v) is 21.3. The Morgan fingerprint density at radius 3 is 1.41 bits per heavy atom. The van der Waals surface area contributed by atoms with Crippen LogP contribution in [0.5, 0.6) is 11.5 Å². The molecule has 32 heavy (non-hydrogen) atoms. The highest BCUT2D eigenvalue weighted by Crippen LogP contribution is 2.44. The van der Waals surface area contributed by atoms with Crippen molar-refractivity contribution in [3.05, 3.63) is 78.9 Å². The molecule has 3 rings (SSSR count). The normalized spacial score (nSPS) is 10.4. The minimum atomic E-state index is -0.768. The van der Waals surface area contributed by atoms with Gasteiger partial charge in [-0.25, -0.2) is 0 Å². The van der Waals surface area contributed by atoms with Gasteiger partial charge in [-0.15, -0.1) is 0 Å². The van der Waals surface area contributed by atoms with Gasteiger partial charge in [0.15, 0.2) is 5.11 Å². The molecule has 0 heterocycles. The molecule has 0 unspecified atom stereocenters. The van der Waals surface area contributed by atoms with Gasteiger partial charge in [-0.3, -0.25) is 0 Å². The molecule has 170 valence electrons. The average molecular weight is 470 g/mol. The molecule has 0 radical (unpaired) electrons. The Morgan fingerprint density at radius 2 is 1.09 bits per heavy atom. The summed E-state index contributed by atoms with van der Waals surface area (Å²) in [5.41, 5.74) is 1.82. The van der Waals surface area contributed by atoms with Gasteiger partial charge in [-0.2, -0.15) is 0 Å². The summed E-state index contributed by atoms with van der Waals surface area (Å²) in [4.78, 5) is 0. The van der Waals surface area contributed by atoms with E-state index in [1.807, 2.05) is 62.4 Å². The Hall–Kier alpha value is -2.62. The van der Waals surface area contributed by atoms with E-state index >= 15 is 0 Å². The third-order valence-corrected chi connectivity index (χ3v) is 6.43. The van der Waals surface area contributed by atoms with E-state index in [1.165, 1.54) is 5.30 Å². The fourth-order valence-electron chi connectivity index (χ4n) is 2.77. The number of rotatable bonds is 7. The van der Waals surface area contributed by atoms with Gasteiger partial charge in [-0.05, 0) is 86.7 Å². The topological polar surface area (TPSA) is 42.5 Å². The molecule has 0 bridgehead atoms. The Balaban J connectivity index is 0.000000303. The lowest BCUT2D eigenvalue weighted by Gasteiger charge is -2.12. The van der Waals surface area contributed by atoms with E-state index in [2.05, 4.69) is 61.0 Å². The van der Waals surface area contributed by atoms with E-state index < -0.39 is 7.26 Å². The zero-order valence-electron chi connectivity index (χ0n) is 19.6. The van der Waals surface area contributed by atoms with Crippen LogP contribution in [0, 0.1) is 0 Å². The molecule has 0 aromatic heterocycles. The number of benzene rings is 3. The third-order valence-electron chi connectivity index (χ3n) is 4.38. The van der Waals surface area contributed by atoms with Crippen LogP contribution in [0.2, 0.25) is 0 Å². The number of thiocarbonyl (C=S) groups is 1. The van der Waals surface area contributed by atoms with Gasteiger partial charge >= 0.3 is 0 Å². The first kappa shape index (κ1) is 25.6. The van der Waals surface area contributed by atoms with Gasteiger partial charge in [0.1, 0.15) is 11.5 Å². The van der Waals surface area contributed by atoms with Gasteiger partial charge in [0, 0.05) is 18.6 Å². The summed E-state index contributed by atoms with van der Waals surface area (Å²) in [5, 5.41) is 8.31. The summed E-state index contributed by atoms with van der Waals surface area (Å²) < 4.78 is 10.8. The molecule has 4 nitrogen and oxygen atoms in total. The lowest BCUT2D eigenvalue weighted by molar-refractivity contribution is 0.340. The van der Waals surface area contributed by atoms with Crippen LogP contribution in [0.15, 0.2) is 78.9 Å². The van der Waals surface area contributed by atoms with Crippen molar-refractivity contribution in [1.82, 2.24) is 0 Å². The first-order chi connectivity index (χ1) is 15.3. The largest absolute Gasteiger partial charge is 0.494 e. The first-order valence-corrected chi connectivity index (χ1v) is 14.3. The van der Waals surface area contributed by atoms with Crippen molar-refractivity contribution >= 4 is 41.3 Å². The highest BCUT2D eigenvalue weighted by Gasteiger charge is 2.19. The SMILES string of the molecule is CCOc1ccc(NC(=S)Nc2ccc(OCC)cc2)cc1.C[P+](C)(C)c1ccccc1. The van der Waals surface area contributed by atoms with E-state index in [0.29, 0.717) is 18.3 Å². The van der Waals surface area contributed by atoms with Crippen molar-refractivity contribution in [2.45, 2.75) is 13.8 Å². The van der Waals surface area contributed by atoms with Gasteiger partial charge in [-0.1, -0.05) is 18.2 Å². The van der Waals surface area contributed by atoms with Gasteiger partial charge in [0.2, 0.25) is 0 Å². The zero-order chi connectivity index (χ0) is 23.4. The molecule has 0 saturated carbocycles. The summed E-state index contributed by atoms with van der Waals surface area (Å²) in [6.07, 6.45) is 0. The molecule has 0 atom stereocenters. The Morgan fingerprint density at radius 1 is 0.688 bits per heavy atom. The lowest BCUT2D eigenvalue weighted by Crippen LogP contribution is -2.18. The molecule has 6 heteroatoms. The van der Waals surface area contributed by atoms with Crippen molar-refractivity contribution < 1.29 is 9.47 Å². The van der Waals surface area contributed by atoms with Crippen LogP contribution < -0.4 is 25.4 Å². The predicted molar refractivity (Wildman–Crippen MR) is 146 cm³/mol. The molecule has 2 N–H and O–H groups in total. The number of nitrogens with one attached hydrogen (secondary N) is 2. The van der Waals surface area contributed by atoms with E-state index in [0.717, 1.165) is 22.9 Å². The maximum Gasteiger partial charge on any atom is 0.175 e. The maximum atomic E-state index is 5.40. The fourth-order valence-corrected chi connectivity index (χ4v) is 4.07. The molecule has 0 fully saturated rings. The van der Waals surface area contributed by atoms with Crippen LogP contribution >= 0.6 is 19.5 Å². The molecule has 0 amide bonds. The second kappa shape index (κ2) is 13.0. The standard InChI is InChI=1S/C17H20N2O2S.C9H14P/c1-3-20-15-9-5-13(6-10-15)18-17(22)19-14-7-11-16(12-8-14)21-4-2;1-10(2,3)9-7-5-4-6-8-9/h5-12H,3-4H2,1-2H3,(H2,18,19,22);4-8H,1-3H3/q;+1. The van der Waals surface area contributed by atoms with Gasteiger partial charge in [0.25, 0.3) is 0 Å². The second-order valence-corrected chi connectivity index (χ2v) is 12.8. The third kappa shape index (κ3) is 9.25. The maximum absolute atomic E-state index is 5.40. The monoisotopic (exact) mass is 469 g/mol. The quantitative estimate of drug-likeness (QED) is 0.305. The van der Waals surface area contributed by atoms with Gasteiger partial charge in [0.05, 0.1) is 38.5 Å². The smallest absolute Gasteiger partial charge is 0.175 e. The van der Waals surface area contributed by atoms with Crippen molar-refractivity contribution in [2.24, 2.45) is 0 Å². The van der Waals surface area contributed by atoms with Crippen molar-refractivity contribution in [2.75, 3.05) is 43.8 Å². The van der Waals surface area contributed by atoms with Gasteiger partial charge < -0.3 is 20.1 Å². The predicted octanol–water partition coefficient (Wildman–Crippen LogP) is 6.51. The number of anilines is 2. The van der Waals surface area contributed by atoms with E-state index in [4.69, 9.17) is 21.7 Å². The Kier molecular flexibility index (Phi) is 10.5. The highest BCUT2D eigenvalue weighted by molar-refractivity contribution is 7.81. The van der Waals surface area contributed by atoms with Crippen LogP contribution in [0.4, 0.5) is 11.4 Å². The summed E-state index contributed by atoms with van der Waals surface area (Å²) in [5.74, 6) is 1.69. The van der Waals surface area contributed by atoms with Crippen LogP contribution in [-0.2, 0) is 0 Å². The van der Waals surface area contributed by atoms with Crippen LogP contribution in [0.3, 0.4) is 0 Å². The number of hydrogen-bond acceptors (Lipinski definition) is 3. The second-order valence-electron chi connectivity index (χ2n) is 7.84. The summed E-state index contributed by atoms with van der Waals surface area (Å²) in [7, 11) is -0.768. The number of ether oxygens (including phenoxy) is 2. The minimum Gasteiger partial charge on any atom is -0.494 e. The lowest BCUT2D eigenvalue weighted by atomic mass is 10.3. The molecule has 0 saturated heterocycles. The summed E-state index contributed by atoms with van der Waals surface area (Å²) >= 11 is 5.30. The molecular formula is C26H34N2O2PS+. The Labute approximate surface area is 198 Å². The molecule has 0 aliphatic rings. The van der Waals surface area contributed by atoms with Crippen LogP contribution in [0.1, 0.15) is 13.8 Å². The minimum absolute atomic E-state index is 0.535.